The Morgan fingerprint density at radius 3 is 2.67 bits per heavy atom. The lowest BCUT2D eigenvalue weighted by molar-refractivity contribution is 0.0939. The van der Waals surface area contributed by atoms with Crippen LogP contribution in [0.3, 0.4) is 0 Å². The van der Waals surface area contributed by atoms with Gasteiger partial charge in [-0.3, -0.25) is 9.36 Å². The lowest BCUT2D eigenvalue weighted by atomic mass is 10.1. The predicted molar refractivity (Wildman–Crippen MR) is 94.8 cm³/mol. The molecule has 0 spiro atoms. The number of imidazole rings is 1. The highest BCUT2D eigenvalue weighted by molar-refractivity contribution is 5.97. The fraction of sp³-hybridized carbons (Fsp3) is 0.263. The van der Waals surface area contributed by atoms with Gasteiger partial charge in [-0.2, -0.15) is 0 Å². The van der Waals surface area contributed by atoms with E-state index in [4.69, 9.17) is 4.74 Å². The Bertz CT molecular complexity index is 853. The minimum atomic E-state index is -0.0646. The van der Waals surface area contributed by atoms with Crippen molar-refractivity contribution in [3.05, 3.63) is 54.4 Å². The fourth-order valence-electron chi connectivity index (χ4n) is 2.51. The molecule has 0 aliphatic carbocycles. The molecular formula is C19H21N3O2. The summed E-state index contributed by atoms with van der Waals surface area (Å²) in [5.41, 5.74) is 3.38. The van der Waals surface area contributed by atoms with Crippen LogP contribution >= 0.6 is 0 Å². The Hall–Kier alpha value is -2.82. The average Bonchev–Trinajstić information content (AvgIpc) is 3.04. The molecule has 1 amide bonds. The van der Waals surface area contributed by atoms with Crippen LogP contribution in [0.15, 0.2) is 48.8 Å². The van der Waals surface area contributed by atoms with Gasteiger partial charge in [0.25, 0.3) is 5.91 Å². The van der Waals surface area contributed by atoms with Gasteiger partial charge in [-0.15, -0.1) is 0 Å². The second-order valence-corrected chi connectivity index (χ2v) is 5.80. The van der Waals surface area contributed by atoms with Gasteiger partial charge in [0.1, 0.15) is 12.1 Å². The molecule has 0 bridgehead atoms. The minimum absolute atomic E-state index is 0.0646. The van der Waals surface area contributed by atoms with E-state index < -0.39 is 0 Å². The third-order valence-electron chi connectivity index (χ3n) is 4.15. The number of benzene rings is 2. The van der Waals surface area contributed by atoms with Crippen molar-refractivity contribution < 1.29 is 9.53 Å². The first-order valence-electron chi connectivity index (χ1n) is 8.04. The molecular weight excluding hydrogens is 302 g/mol. The van der Waals surface area contributed by atoms with Gasteiger partial charge in [0.2, 0.25) is 0 Å². The number of amides is 1. The zero-order chi connectivity index (χ0) is 17.1. The average molecular weight is 323 g/mol. The summed E-state index contributed by atoms with van der Waals surface area (Å²) in [4.78, 5) is 16.7. The van der Waals surface area contributed by atoms with Crippen LogP contribution < -0.4 is 10.1 Å². The molecule has 0 fully saturated rings. The zero-order valence-electron chi connectivity index (χ0n) is 14.1. The maximum Gasteiger partial charge on any atom is 0.251 e. The van der Waals surface area contributed by atoms with Crippen LogP contribution in [-0.4, -0.2) is 28.6 Å². The smallest absolute Gasteiger partial charge is 0.251 e. The Labute approximate surface area is 141 Å². The molecule has 5 heteroatoms. The molecule has 0 saturated carbocycles. The number of carbonyl (C=O) groups is 1. The molecule has 3 aromatic rings. The molecule has 5 nitrogen and oxygen atoms in total. The molecule has 0 aliphatic rings. The first-order valence-corrected chi connectivity index (χ1v) is 8.04. The zero-order valence-corrected chi connectivity index (χ0v) is 14.1. The molecule has 3 rings (SSSR count). The van der Waals surface area contributed by atoms with Crippen molar-refractivity contribution in [2.75, 3.05) is 7.11 Å². The molecule has 1 N–H and O–H groups in total. The Morgan fingerprint density at radius 1 is 1.25 bits per heavy atom. The van der Waals surface area contributed by atoms with Gasteiger partial charge in [0, 0.05) is 17.3 Å². The van der Waals surface area contributed by atoms with Gasteiger partial charge in [-0.25, -0.2) is 4.98 Å². The van der Waals surface area contributed by atoms with E-state index in [1.807, 2.05) is 60.9 Å². The third kappa shape index (κ3) is 3.11. The second kappa shape index (κ2) is 6.74. The van der Waals surface area contributed by atoms with E-state index in [-0.39, 0.29) is 11.9 Å². The van der Waals surface area contributed by atoms with Crippen LogP contribution in [0.5, 0.6) is 5.75 Å². The van der Waals surface area contributed by atoms with Crippen molar-refractivity contribution in [2.45, 2.75) is 26.3 Å². The fourth-order valence-corrected chi connectivity index (χ4v) is 2.51. The summed E-state index contributed by atoms with van der Waals surface area (Å²) in [6.45, 7) is 4.04. The van der Waals surface area contributed by atoms with Gasteiger partial charge >= 0.3 is 0 Å². The van der Waals surface area contributed by atoms with E-state index in [1.165, 1.54) is 0 Å². The molecule has 124 valence electrons. The minimum Gasteiger partial charge on any atom is -0.497 e. The van der Waals surface area contributed by atoms with Crippen LogP contribution in [-0.2, 0) is 0 Å². The lowest BCUT2D eigenvalue weighted by Crippen LogP contribution is -2.31. The van der Waals surface area contributed by atoms with E-state index >= 15 is 0 Å². The number of ether oxygens (including phenoxy) is 1. The second-order valence-electron chi connectivity index (χ2n) is 5.80. The van der Waals surface area contributed by atoms with Crippen LogP contribution in [0.25, 0.3) is 16.7 Å². The number of nitrogens with zero attached hydrogens (tertiary/aromatic N) is 2. The number of rotatable bonds is 5. The monoisotopic (exact) mass is 323 g/mol. The highest BCUT2D eigenvalue weighted by Gasteiger charge is 2.11. The summed E-state index contributed by atoms with van der Waals surface area (Å²) in [5.74, 6) is 0.748. The first kappa shape index (κ1) is 16.1. The Balaban J connectivity index is 1.91. The molecule has 0 radical (unpaired) electrons. The summed E-state index contributed by atoms with van der Waals surface area (Å²) in [6, 6.07) is 13.5. The largest absolute Gasteiger partial charge is 0.497 e. The number of fused-ring (bicyclic) bond motifs is 1. The lowest BCUT2D eigenvalue weighted by Gasteiger charge is -2.11. The number of hydrogen-bond acceptors (Lipinski definition) is 3. The van der Waals surface area contributed by atoms with Gasteiger partial charge in [-0.05, 0) is 55.8 Å². The quantitative estimate of drug-likeness (QED) is 0.781. The van der Waals surface area contributed by atoms with E-state index in [1.54, 1.807) is 13.4 Å². The standard InChI is InChI=1S/C19H21N3O2/c1-4-13(2)21-19(23)14-5-10-18-17(11-14)20-12-22(18)15-6-8-16(24-3)9-7-15/h5-13H,4H2,1-3H3,(H,21,23)/t13-/m0/s1. The maximum absolute atomic E-state index is 12.2. The maximum atomic E-state index is 12.2. The van der Waals surface area contributed by atoms with E-state index in [2.05, 4.69) is 10.3 Å². The van der Waals surface area contributed by atoms with Crippen LogP contribution in [0, 0.1) is 0 Å². The van der Waals surface area contributed by atoms with Gasteiger partial charge in [0.05, 0.1) is 18.1 Å². The molecule has 0 unspecified atom stereocenters. The highest BCUT2D eigenvalue weighted by atomic mass is 16.5. The predicted octanol–water partition coefficient (Wildman–Crippen LogP) is 3.56. The summed E-state index contributed by atoms with van der Waals surface area (Å²) >= 11 is 0. The molecule has 0 saturated heterocycles. The van der Waals surface area contributed by atoms with Crippen molar-refractivity contribution in [3.63, 3.8) is 0 Å². The van der Waals surface area contributed by atoms with E-state index in [0.29, 0.717) is 5.56 Å². The van der Waals surface area contributed by atoms with Gasteiger partial charge < -0.3 is 10.1 Å². The molecule has 1 atom stereocenters. The Kier molecular flexibility index (Phi) is 4.51. The van der Waals surface area contributed by atoms with Crippen molar-refractivity contribution in [2.24, 2.45) is 0 Å². The molecule has 2 aromatic carbocycles. The first-order chi connectivity index (χ1) is 11.6. The van der Waals surface area contributed by atoms with Crippen LogP contribution in [0.2, 0.25) is 0 Å². The number of methoxy groups -OCH3 is 1. The van der Waals surface area contributed by atoms with Crippen LogP contribution in [0.4, 0.5) is 0 Å². The number of carbonyl (C=O) groups excluding carboxylic acids is 1. The van der Waals surface area contributed by atoms with E-state index in [0.717, 1.165) is 28.9 Å². The van der Waals surface area contributed by atoms with E-state index in [9.17, 15) is 4.79 Å². The van der Waals surface area contributed by atoms with Crippen molar-refractivity contribution in [3.8, 4) is 11.4 Å². The summed E-state index contributed by atoms with van der Waals surface area (Å²) < 4.78 is 7.18. The van der Waals surface area contributed by atoms with Crippen LogP contribution in [0.1, 0.15) is 30.6 Å². The normalized spacial score (nSPS) is 12.1. The highest BCUT2D eigenvalue weighted by Crippen LogP contribution is 2.21. The number of aromatic nitrogens is 2. The Morgan fingerprint density at radius 2 is 2.00 bits per heavy atom. The molecule has 0 aliphatic heterocycles. The third-order valence-corrected chi connectivity index (χ3v) is 4.15. The summed E-state index contributed by atoms with van der Waals surface area (Å²) in [5, 5.41) is 2.97. The SMILES string of the molecule is CC[C@H](C)NC(=O)c1ccc2c(c1)ncn2-c1ccc(OC)cc1. The number of hydrogen-bond donors (Lipinski definition) is 1. The van der Waals surface area contributed by atoms with Gasteiger partial charge in [-0.1, -0.05) is 6.92 Å². The molecule has 24 heavy (non-hydrogen) atoms. The summed E-state index contributed by atoms with van der Waals surface area (Å²) in [6.07, 6.45) is 2.67. The van der Waals surface area contributed by atoms with Crippen molar-refractivity contribution >= 4 is 16.9 Å². The van der Waals surface area contributed by atoms with Gasteiger partial charge in [0.15, 0.2) is 0 Å². The number of nitrogens with one attached hydrogen (secondary N) is 1. The summed E-state index contributed by atoms with van der Waals surface area (Å²) in [7, 11) is 1.65. The van der Waals surface area contributed by atoms with Crippen molar-refractivity contribution in [1.29, 1.82) is 0 Å². The van der Waals surface area contributed by atoms with Crippen molar-refractivity contribution in [1.82, 2.24) is 14.9 Å². The molecule has 1 aromatic heterocycles. The topological polar surface area (TPSA) is 56.2 Å². The molecule has 1 heterocycles.